The maximum Gasteiger partial charge on any atom is 0.123 e. The highest BCUT2D eigenvalue weighted by molar-refractivity contribution is 5.18. The van der Waals surface area contributed by atoms with Gasteiger partial charge >= 0.3 is 0 Å². The standard InChI is InChI=1S/C16H23FN4/c1-4-15(18)16(13-9-19-21(3)11-13)20(2)10-12-6-5-7-14(17)8-12/h5-9,11,15-16H,4,10,18H2,1-3H3. The van der Waals surface area contributed by atoms with Crippen LogP contribution in [0.2, 0.25) is 0 Å². The minimum Gasteiger partial charge on any atom is -0.326 e. The number of likely N-dealkylation sites (N-methyl/N-ethyl adjacent to an activating group) is 1. The Morgan fingerprint density at radius 1 is 1.43 bits per heavy atom. The molecule has 0 radical (unpaired) electrons. The fourth-order valence-corrected chi connectivity index (χ4v) is 2.67. The van der Waals surface area contributed by atoms with Crippen molar-refractivity contribution in [3.05, 3.63) is 53.6 Å². The minimum absolute atomic E-state index is 0.00718. The topological polar surface area (TPSA) is 47.1 Å². The van der Waals surface area contributed by atoms with E-state index in [1.807, 2.05) is 32.6 Å². The summed E-state index contributed by atoms with van der Waals surface area (Å²) in [4.78, 5) is 2.15. The molecule has 2 N–H and O–H groups in total. The molecular formula is C16H23FN4. The monoisotopic (exact) mass is 290 g/mol. The fraction of sp³-hybridized carbons (Fsp3) is 0.438. The summed E-state index contributed by atoms with van der Waals surface area (Å²) in [5.41, 5.74) is 8.32. The summed E-state index contributed by atoms with van der Waals surface area (Å²) in [6, 6.07) is 6.75. The first-order valence-electron chi connectivity index (χ1n) is 7.20. The van der Waals surface area contributed by atoms with Gasteiger partial charge in [-0.3, -0.25) is 9.58 Å². The van der Waals surface area contributed by atoms with Crippen molar-refractivity contribution >= 4 is 0 Å². The summed E-state index contributed by atoms with van der Waals surface area (Å²) in [6.07, 6.45) is 4.71. The van der Waals surface area contributed by atoms with Crippen molar-refractivity contribution in [2.75, 3.05) is 7.05 Å². The summed E-state index contributed by atoms with van der Waals surface area (Å²) in [5.74, 6) is -0.210. The molecule has 21 heavy (non-hydrogen) atoms. The van der Waals surface area contributed by atoms with Crippen LogP contribution < -0.4 is 5.73 Å². The van der Waals surface area contributed by atoms with Gasteiger partial charge in [0.05, 0.1) is 12.2 Å². The second-order valence-corrected chi connectivity index (χ2v) is 5.51. The van der Waals surface area contributed by atoms with E-state index in [-0.39, 0.29) is 17.9 Å². The molecule has 2 rings (SSSR count). The lowest BCUT2D eigenvalue weighted by Crippen LogP contribution is -2.38. The zero-order valence-corrected chi connectivity index (χ0v) is 12.8. The highest BCUT2D eigenvalue weighted by Gasteiger charge is 2.24. The van der Waals surface area contributed by atoms with Crippen LogP contribution in [0.1, 0.15) is 30.5 Å². The van der Waals surface area contributed by atoms with Gasteiger partial charge in [0, 0.05) is 31.4 Å². The van der Waals surface area contributed by atoms with Crippen molar-refractivity contribution in [1.29, 1.82) is 0 Å². The van der Waals surface area contributed by atoms with Gasteiger partial charge in [0.1, 0.15) is 5.82 Å². The van der Waals surface area contributed by atoms with Crippen LogP contribution in [0.25, 0.3) is 0 Å². The lowest BCUT2D eigenvalue weighted by atomic mass is 9.99. The summed E-state index contributed by atoms with van der Waals surface area (Å²) >= 11 is 0. The molecule has 0 aliphatic heterocycles. The molecule has 2 unspecified atom stereocenters. The zero-order valence-electron chi connectivity index (χ0n) is 12.8. The molecule has 0 saturated carbocycles. The second-order valence-electron chi connectivity index (χ2n) is 5.51. The largest absolute Gasteiger partial charge is 0.326 e. The molecular weight excluding hydrogens is 267 g/mol. The molecule has 1 heterocycles. The number of nitrogens with two attached hydrogens (primary N) is 1. The molecule has 5 heteroatoms. The van der Waals surface area contributed by atoms with Crippen LogP contribution in [0.4, 0.5) is 4.39 Å². The molecule has 0 amide bonds. The Morgan fingerprint density at radius 2 is 2.19 bits per heavy atom. The molecule has 4 nitrogen and oxygen atoms in total. The molecule has 1 aromatic carbocycles. The van der Waals surface area contributed by atoms with E-state index >= 15 is 0 Å². The van der Waals surface area contributed by atoms with Crippen LogP contribution in [0.3, 0.4) is 0 Å². The number of nitrogens with zero attached hydrogens (tertiary/aromatic N) is 3. The Morgan fingerprint density at radius 3 is 2.76 bits per heavy atom. The molecule has 0 aliphatic carbocycles. The average Bonchev–Trinajstić information content (AvgIpc) is 2.85. The predicted octanol–water partition coefficient (Wildman–Crippen LogP) is 2.47. The van der Waals surface area contributed by atoms with Crippen LogP contribution in [0.15, 0.2) is 36.7 Å². The summed E-state index contributed by atoms with van der Waals surface area (Å²) in [5, 5.41) is 4.23. The van der Waals surface area contributed by atoms with E-state index in [2.05, 4.69) is 16.9 Å². The van der Waals surface area contributed by atoms with Gasteiger partial charge in [-0.15, -0.1) is 0 Å². The number of hydrogen-bond acceptors (Lipinski definition) is 3. The van der Waals surface area contributed by atoms with E-state index in [0.29, 0.717) is 6.54 Å². The Balaban J connectivity index is 2.20. The van der Waals surface area contributed by atoms with Gasteiger partial charge in [0.25, 0.3) is 0 Å². The maximum atomic E-state index is 13.3. The number of hydrogen-bond donors (Lipinski definition) is 1. The van der Waals surface area contributed by atoms with E-state index in [1.165, 1.54) is 6.07 Å². The van der Waals surface area contributed by atoms with Gasteiger partial charge in [-0.25, -0.2) is 4.39 Å². The molecule has 2 atom stereocenters. The van der Waals surface area contributed by atoms with Gasteiger partial charge in [0.2, 0.25) is 0 Å². The Kier molecular flexibility index (Phi) is 5.09. The molecule has 1 aromatic heterocycles. The van der Waals surface area contributed by atoms with Crippen LogP contribution in [0, 0.1) is 5.82 Å². The highest BCUT2D eigenvalue weighted by atomic mass is 19.1. The SMILES string of the molecule is CCC(N)C(c1cnn(C)c1)N(C)Cc1cccc(F)c1. The van der Waals surface area contributed by atoms with Crippen LogP contribution >= 0.6 is 0 Å². The Labute approximate surface area is 125 Å². The summed E-state index contributed by atoms with van der Waals surface area (Å²) in [7, 11) is 3.91. The molecule has 0 bridgehead atoms. The van der Waals surface area contributed by atoms with Gasteiger partial charge in [0.15, 0.2) is 0 Å². The lowest BCUT2D eigenvalue weighted by molar-refractivity contribution is 0.201. The van der Waals surface area contributed by atoms with Crippen molar-refractivity contribution in [3.63, 3.8) is 0 Å². The second kappa shape index (κ2) is 6.83. The predicted molar refractivity (Wildman–Crippen MR) is 82.1 cm³/mol. The van der Waals surface area contributed by atoms with E-state index in [1.54, 1.807) is 16.8 Å². The van der Waals surface area contributed by atoms with Gasteiger partial charge in [-0.1, -0.05) is 19.1 Å². The van der Waals surface area contributed by atoms with Crippen LogP contribution in [-0.4, -0.2) is 27.8 Å². The maximum absolute atomic E-state index is 13.3. The van der Waals surface area contributed by atoms with Crippen molar-refractivity contribution in [2.24, 2.45) is 12.8 Å². The van der Waals surface area contributed by atoms with Crippen molar-refractivity contribution < 1.29 is 4.39 Å². The quantitative estimate of drug-likeness (QED) is 0.889. The number of aryl methyl sites for hydroxylation is 1. The third-order valence-corrected chi connectivity index (χ3v) is 3.74. The van der Waals surface area contributed by atoms with Gasteiger partial charge < -0.3 is 5.73 Å². The molecule has 0 fully saturated rings. The number of benzene rings is 1. The third kappa shape index (κ3) is 3.89. The summed E-state index contributed by atoms with van der Waals surface area (Å²) in [6.45, 7) is 2.72. The highest BCUT2D eigenvalue weighted by Crippen LogP contribution is 2.25. The smallest absolute Gasteiger partial charge is 0.123 e. The average molecular weight is 290 g/mol. The van der Waals surface area contributed by atoms with E-state index in [9.17, 15) is 4.39 Å². The number of rotatable bonds is 6. The summed E-state index contributed by atoms with van der Waals surface area (Å²) < 4.78 is 15.1. The zero-order chi connectivity index (χ0) is 15.4. The first kappa shape index (κ1) is 15.7. The molecule has 2 aromatic rings. The van der Waals surface area contributed by atoms with E-state index in [4.69, 9.17) is 5.73 Å². The van der Waals surface area contributed by atoms with Crippen molar-refractivity contribution in [1.82, 2.24) is 14.7 Å². The Hall–Kier alpha value is -1.72. The molecule has 0 saturated heterocycles. The number of aromatic nitrogens is 2. The van der Waals surface area contributed by atoms with Crippen LogP contribution in [-0.2, 0) is 13.6 Å². The van der Waals surface area contributed by atoms with Crippen LogP contribution in [0.5, 0.6) is 0 Å². The minimum atomic E-state index is -0.210. The van der Waals surface area contributed by atoms with E-state index < -0.39 is 0 Å². The third-order valence-electron chi connectivity index (χ3n) is 3.74. The van der Waals surface area contributed by atoms with Crippen molar-refractivity contribution in [3.8, 4) is 0 Å². The van der Waals surface area contributed by atoms with Gasteiger partial charge in [-0.05, 0) is 31.2 Å². The fourth-order valence-electron chi connectivity index (χ4n) is 2.67. The number of halogens is 1. The normalized spacial score (nSPS) is 14.4. The first-order valence-corrected chi connectivity index (χ1v) is 7.20. The van der Waals surface area contributed by atoms with E-state index in [0.717, 1.165) is 17.5 Å². The molecule has 114 valence electrons. The molecule has 0 spiro atoms. The van der Waals surface area contributed by atoms with Crippen molar-refractivity contribution in [2.45, 2.75) is 32.0 Å². The first-order chi connectivity index (χ1) is 10.0. The molecule has 0 aliphatic rings. The Bertz CT molecular complexity index is 581. The lowest BCUT2D eigenvalue weighted by Gasteiger charge is -2.31. The van der Waals surface area contributed by atoms with Gasteiger partial charge in [-0.2, -0.15) is 5.10 Å².